The maximum atomic E-state index is 13.0. The number of H-pyrrole nitrogens is 1. The molecule has 5 nitrogen and oxygen atoms in total. The van der Waals surface area contributed by atoms with Gasteiger partial charge in [0, 0.05) is 25.2 Å². The van der Waals surface area contributed by atoms with E-state index in [0.717, 1.165) is 24.4 Å². The molecule has 0 aliphatic rings. The first-order chi connectivity index (χ1) is 8.25. The topological polar surface area (TPSA) is 66.5 Å². The molecule has 1 atom stereocenters. The quantitative estimate of drug-likeness (QED) is 0.818. The van der Waals surface area contributed by atoms with E-state index in [1.54, 1.807) is 6.20 Å². The van der Waals surface area contributed by atoms with E-state index >= 15 is 0 Å². The van der Waals surface area contributed by atoms with Crippen LogP contribution in [0.2, 0.25) is 0 Å². The average molecular weight is 235 g/mol. The van der Waals surface area contributed by atoms with Gasteiger partial charge in [0.15, 0.2) is 0 Å². The molecule has 6 heteroatoms. The smallest absolute Gasteiger partial charge is 0.141 e. The third kappa shape index (κ3) is 3.32. The van der Waals surface area contributed by atoms with Crippen molar-refractivity contribution in [3.8, 4) is 0 Å². The molecule has 90 valence electrons. The molecule has 1 unspecified atom stereocenters. The van der Waals surface area contributed by atoms with Gasteiger partial charge in [-0.05, 0) is 18.6 Å². The second-order valence-corrected chi connectivity index (χ2v) is 3.79. The molecule has 0 bridgehead atoms. The van der Waals surface area contributed by atoms with Crippen molar-refractivity contribution in [2.75, 3.05) is 6.54 Å². The standard InChI is InChI=1S/C11H14FN5/c1-8(9-4-10(12)6-13-5-9)14-3-2-11-15-7-16-17-11/h4-8,14H,2-3H2,1H3,(H,15,16,17). The first-order valence-corrected chi connectivity index (χ1v) is 5.44. The minimum atomic E-state index is -0.314. The van der Waals surface area contributed by atoms with Crippen LogP contribution in [0.1, 0.15) is 24.4 Å². The molecule has 0 amide bonds. The fourth-order valence-electron chi connectivity index (χ4n) is 1.54. The molecular weight excluding hydrogens is 221 g/mol. The van der Waals surface area contributed by atoms with Crippen LogP contribution in [0.4, 0.5) is 4.39 Å². The maximum Gasteiger partial charge on any atom is 0.141 e. The van der Waals surface area contributed by atoms with Gasteiger partial charge >= 0.3 is 0 Å². The van der Waals surface area contributed by atoms with E-state index in [4.69, 9.17) is 0 Å². The van der Waals surface area contributed by atoms with Crippen molar-refractivity contribution in [2.45, 2.75) is 19.4 Å². The highest BCUT2D eigenvalue weighted by Crippen LogP contribution is 2.11. The van der Waals surface area contributed by atoms with E-state index in [1.807, 2.05) is 6.92 Å². The fourth-order valence-corrected chi connectivity index (χ4v) is 1.54. The van der Waals surface area contributed by atoms with E-state index < -0.39 is 0 Å². The van der Waals surface area contributed by atoms with Crippen molar-refractivity contribution in [3.05, 3.63) is 42.0 Å². The lowest BCUT2D eigenvalue weighted by Crippen LogP contribution is -2.22. The second-order valence-electron chi connectivity index (χ2n) is 3.79. The van der Waals surface area contributed by atoms with Gasteiger partial charge in [0.25, 0.3) is 0 Å². The average Bonchev–Trinajstić information content (AvgIpc) is 2.82. The third-order valence-electron chi connectivity index (χ3n) is 2.50. The van der Waals surface area contributed by atoms with Crippen LogP contribution < -0.4 is 5.32 Å². The Labute approximate surface area is 98.5 Å². The molecule has 0 radical (unpaired) electrons. The first kappa shape index (κ1) is 11.7. The Kier molecular flexibility index (Phi) is 3.77. The Bertz CT molecular complexity index is 457. The third-order valence-corrected chi connectivity index (χ3v) is 2.50. The van der Waals surface area contributed by atoms with Crippen LogP contribution in [0.5, 0.6) is 0 Å². The molecule has 0 fully saturated rings. The van der Waals surface area contributed by atoms with Gasteiger partial charge in [0.1, 0.15) is 18.0 Å². The highest BCUT2D eigenvalue weighted by molar-refractivity contribution is 5.14. The largest absolute Gasteiger partial charge is 0.310 e. The highest BCUT2D eigenvalue weighted by atomic mass is 19.1. The molecule has 17 heavy (non-hydrogen) atoms. The molecule has 0 aliphatic heterocycles. The summed E-state index contributed by atoms with van der Waals surface area (Å²) in [6.07, 6.45) is 5.10. The summed E-state index contributed by atoms with van der Waals surface area (Å²) in [7, 11) is 0. The second kappa shape index (κ2) is 5.49. The van der Waals surface area contributed by atoms with Crippen molar-refractivity contribution < 1.29 is 4.39 Å². The van der Waals surface area contributed by atoms with Gasteiger partial charge in [-0.3, -0.25) is 10.1 Å². The number of pyridine rings is 1. The number of nitrogens with one attached hydrogen (secondary N) is 2. The van der Waals surface area contributed by atoms with Crippen molar-refractivity contribution in [1.29, 1.82) is 0 Å². The fraction of sp³-hybridized carbons (Fsp3) is 0.364. The van der Waals surface area contributed by atoms with Gasteiger partial charge in [-0.1, -0.05) is 0 Å². The van der Waals surface area contributed by atoms with E-state index in [0.29, 0.717) is 0 Å². The lowest BCUT2D eigenvalue weighted by Gasteiger charge is -2.13. The predicted molar refractivity (Wildman–Crippen MR) is 60.7 cm³/mol. The monoisotopic (exact) mass is 235 g/mol. The Hall–Kier alpha value is -1.82. The summed E-state index contributed by atoms with van der Waals surface area (Å²) in [5.41, 5.74) is 0.836. The Balaban J connectivity index is 1.83. The molecule has 2 N–H and O–H groups in total. The lowest BCUT2D eigenvalue weighted by atomic mass is 10.1. The number of hydrogen-bond donors (Lipinski definition) is 2. The normalized spacial score (nSPS) is 12.6. The number of halogens is 1. The maximum absolute atomic E-state index is 13.0. The van der Waals surface area contributed by atoms with Gasteiger partial charge in [0.2, 0.25) is 0 Å². The van der Waals surface area contributed by atoms with Crippen molar-refractivity contribution >= 4 is 0 Å². The van der Waals surface area contributed by atoms with Crippen molar-refractivity contribution in [1.82, 2.24) is 25.5 Å². The predicted octanol–water partition coefficient (Wildman–Crippen LogP) is 1.23. The molecule has 2 aromatic rings. The SMILES string of the molecule is CC(NCCc1ncn[nH]1)c1cncc(F)c1. The van der Waals surface area contributed by atoms with E-state index in [2.05, 4.69) is 25.5 Å². The van der Waals surface area contributed by atoms with Gasteiger partial charge in [0.05, 0.1) is 6.20 Å². The number of hydrogen-bond acceptors (Lipinski definition) is 4. The number of aromatic amines is 1. The molecule has 2 heterocycles. The van der Waals surface area contributed by atoms with Gasteiger partial charge in [-0.25, -0.2) is 9.37 Å². The summed E-state index contributed by atoms with van der Waals surface area (Å²) in [5, 5.41) is 9.82. The molecule has 0 aliphatic carbocycles. The van der Waals surface area contributed by atoms with Gasteiger partial charge in [-0.2, -0.15) is 5.10 Å². The van der Waals surface area contributed by atoms with Crippen LogP contribution >= 0.6 is 0 Å². The van der Waals surface area contributed by atoms with Crippen LogP contribution in [0.3, 0.4) is 0 Å². The molecule has 0 spiro atoms. The Morgan fingerprint density at radius 1 is 1.47 bits per heavy atom. The molecule has 0 saturated carbocycles. The molecular formula is C11H14FN5. The minimum Gasteiger partial charge on any atom is -0.310 e. The Morgan fingerprint density at radius 3 is 3.06 bits per heavy atom. The number of rotatable bonds is 5. The molecule has 2 aromatic heterocycles. The molecule has 2 rings (SSSR count). The summed E-state index contributed by atoms with van der Waals surface area (Å²) in [6, 6.07) is 1.54. The highest BCUT2D eigenvalue weighted by Gasteiger charge is 2.06. The van der Waals surface area contributed by atoms with Crippen LogP contribution in [0.25, 0.3) is 0 Å². The summed E-state index contributed by atoms with van der Waals surface area (Å²) in [5.74, 6) is 0.522. The van der Waals surface area contributed by atoms with E-state index in [1.165, 1.54) is 18.6 Å². The van der Waals surface area contributed by atoms with Gasteiger partial charge < -0.3 is 5.32 Å². The summed E-state index contributed by atoms with van der Waals surface area (Å²) in [4.78, 5) is 7.84. The molecule has 0 aromatic carbocycles. The molecule has 0 saturated heterocycles. The van der Waals surface area contributed by atoms with Crippen molar-refractivity contribution in [3.63, 3.8) is 0 Å². The summed E-state index contributed by atoms with van der Waals surface area (Å²) in [6.45, 7) is 2.71. The summed E-state index contributed by atoms with van der Waals surface area (Å²) >= 11 is 0. The van der Waals surface area contributed by atoms with Crippen molar-refractivity contribution in [2.24, 2.45) is 0 Å². The summed E-state index contributed by atoms with van der Waals surface area (Å²) < 4.78 is 13.0. The Morgan fingerprint density at radius 2 is 2.35 bits per heavy atom. The lowest BCUT2D eigenvalue weighted by molar-refractivity contribution is 0.558. The van der Waals surface area contributed by atoms with Gasteiger partial charge in [-0.15, -0.1) is 0 Å². The number of nitrogens with zero attached hydrogens (tertiary/aromatic N) is 3. The zero-order chi connectivity index (χ0) is 12.1. The van der Waals surface area contributed by atoms with Crippen LogP contribution in [-0.4, -0.2) is 26.7 Å². The minimum absolute atomic E-state index is 0.0566. The van der Waals surface area contributed by atoms with Crippen LogP contribution in [-0.2, 0) is 6.42 Å². The van der Waals surface area contributed by atoms with E-state index in [9.17, 15) is 4.39 Å². The van der Waals surface area contributed by atoms with Crippen LogP contribution in [0, 0.1) is 5.82 Å². The zero-order valence-corrected chi connectivity index (χ0v) is 9.52. The van der Waals surface area contributed by atoms with Crippen LogP contribution in [0.15, 0.2) is 24.8 Å². The zero-order valence-electron chi connectivity index (χ0n) is 9.52. The van der Waals surface area contributed by atoms with E-state index in [-0.39, 0.29) is 11.9 Å². The first-order valence-electron chi connectivity index (χ1n) is 5.44. The number of aromatic nitrogens is 4.